The van der Waals surface area contributed by atoms with Gasteiger partial charge in [0.2, 0.25) is 0 Å². The van der Waals surface area contributed by atoms with Gasteiger partial charge in [0, 0.05) is 0 Å². The third kappa shape index (κ3) is 1.29. The van der Waals surface area contributed by atoms with Crippen molar-refractivity contribution < 1.29 is 22.4 Å². The fourth-order valence-corrected chi connectivity index (χ4v) is 2.23. The molecule has 4 fully saturated rings. The Balaban J connectivity index is 0.000000480. The van der Waals surface area contributed by atoms with E-state index >= 15 is 0 Å². The summed E-state index contributed by atoms with van der Waals surface area (Å²) < 4.78 is 0. The molecular formula is C6H12AgN4+. The molecule has 4 nitrogen and oxygen atoms in total. The molecule has 0 aromatic rings. The molecule has 4 saturated heterocycles. The molecule has 0 unspecified atom stereocenters. The van der Waals surface area contributed by atoms with Crippen LogP contribution >= 0.6 is 0 Å². The van der Waals surface area contributed by atoms with Gasteiger partial charge in [0.05, 0.1) is 40.0 Å². The van der Waals surface area contributed by atoms with Gasteiger partial charge in [-0.25, -0.2) is 0 Å². The molecule has 4 heterocycles. The van der Waals surface area contributed by atoms with Crippen LogP contribution in [-0.2, 0) is 22.4 Å². The van der Waals surface area contributed by atoms with Gasteiger partial charge in [0.1, 0.15) is 0 Å². The number of rotatable bonds is 0. The minimum atomic E-state index is 0. The Kier molecular flexibility index (Phi) is 2.09. The first-order chi connectivity index (χ1) is 4.90. The minimum Gasteiger partial charge on any atom is -0.264 e. The van der Waals surface area contributed by atoms with E-state index in [9.17, 15) is 0 Å². The van der Waals surface area contributed by atoms with Crippen molar-refractivity contribution in [2.24, 2.45) is 0 Å². The average Bonchev–Trinajstić information content (AvgIpc) is 1.82. The minimum absolute atomic E-state index is 0. The standard InChI is InChI=1S/C6H12N4.Ag/c1-7-2-9-4-8(1)5-10(3-7)6-9;/h1-6H2;/q;+1. The van der Waals surface area contributed by atoms with Crippen LogP contribution in [0.25, 0.3) is 0 Å². The van der Waals surface area contributed by atoms with E-state index in [-0.39, 0.29) is 22.4 Å². The molecule has 0 aliphatic carbocycles. The molecule has 0 radical (unpaired) electrons. The Morgan fingerprint density at radius 2 is 0.636 bits per heavy atom. The molecule has 0 atom stereocenters. The Labute approximate surface area is 82.2 Å². The third-order valence-electron chi connectivity index (χ3n) is 2.40. The van der Waals surface area contributed by atoms with Crippen molar-refractivity contribution in [3.8, 4) is 0 Å². The van der Waals surface area contributed by atoms with E-state index in [1.54, 1.807) is 0 Å². The molecule has 0 aromatic carbocycles. The summed E-state index contributed by atoms with van der Waals surface area (Å²) in [6, 6.07) is 0. The molecule has 4 aliphatic heterocycles. The molecule has 0 N–H and O–H groups in total. The number of hydrogen-bond acceptors (Lipinski definition) is 4. The molecule has 4 bridgehead atoms. The van der Waals surface area contributed by atoms with Gasteiger partial charge < -0.3 is 0 Å². The van der Waals surface area contributed by atoms with Gasteiger partial charge in [-0.3, -0.25) is 19.6 Å². The quantitative estimate of drug-likeness (QED) is 0.508. The fourth-order valence-electron chi connectivity index (χ4n) is 2.23. The van der Waals surface area contributed by atoms with Crippen molar-refractivity contribution in [2.45, 2.75) is 0 Å². The summed E-state index contributed by atoms with van der Waals surface area (Å²) in [6.07, 6.45) is 0. The van der Waals surface area contributed by atoms with Gasteiger partial charge in [-0.2, -0.15) is 0 Å². The van der Waals surface area contributed by atoms with E-state index in [0.29, 0.717) is 0 Å². The van der Waals surface area contributed by atoms with E-state index in [2.05, 4.69) is 19.6 Å². The molecule has 0 spiro atoms. The van der Waals surface area contributed by atoms with Crippen LogP contribution in [0.5, 0.6) is 0 Å². The van der Waals surface area contributed by atoms with Crippen LogP contribution in [0.4, 0.5) is 0 Å². The van der Waals surface area contributed by atoms with E-state index in [1.807, 2.05) is 0 Å². The summed E-state index contributed by atoms with van der Waals surface area (Å²) in [4.78, 5) is 9.88. The van der Waals surface area contributed by atoms with Crippen LogP contribution < -0.4 is 0 Å². The number of hydrogen-bond donors (Lipinski definition) is 0. The molecule has 4 rings (SSSR count). The second-order valence-electron chi connectivity index (χ2n) is 3.53. The van der Waals surface area contributed by atoms with Crippen molar-refractivity contribution in [3.05, 3.63) is 0 Å². The molecule has 4 aliphatic rings. The Morgan fingerprint density at radius 3 is 0.818 bits per heavy atom. The average molecular weight is 248 g/mol. The van der Waals surface area contributed by atoms with Gasteiger partial charge in [0.15, 0.2) is 0 Å². The smallest absolute Gasteiger partial charge is 0.264 e. The first-order valence-electron chi connectivity index (χ1n) is 3.79. The van der Waals surface area contributed by atoms with Crippen LogP contribution in [0.1, 0.15) is 0 Å². The largest absolute Gasteiger partial charge is 1.00 e. The predicted molar refractivity (Wildman–Crippen MR) is 36.6 cm³/mol. The molecule has 0 saturated carbocycles. The van der Waals surface area contributed by atoms with Crippen LogP contribution in [0, 0.1) is 0 Å². The first kappa shape index (κ1) is 8.19. The van der Waals surface area contributed by atoms with Crippen molar-refractivity contribution >= 4 is 0 Å². The summed E-state index contributed by atoms with van der Waals surface area (Å²) in [5.74, 6) is 0. The molecule has 66 valence electrons. The van der Waals surface area contributed by atoms with Crippen LogP contribution in [0.2, 0.25) is 0 Å². The van der Waals surface area contributed by atoms with Crippen LogP contribution in [0.15, 0.2) is 0 Å². The topological polar surface area (TPSA) is 13.0 Å². The molecule has 0 amide bonds. The van der Waals surface area contributed by atoms with Gasteiger partial charge >= 0.3 is 22.4 Å². The predicted octanol–water partition coefficient (Wildman–Crippen LogP) is -1.02. The summed E-state index contributed by atoms with van der Waals surface area (Å²) in [5, 5.41) is 0. The maximum atomic E-state index is 2.47. The molecular weight excluding hydrogens is 236 g/mol. The molecule has 11 heavy (non-hydrogen) atoms. The van der Waals surface area contributed by atoms with Crippen molar-refractivity contribution in [3.63, 3.8) is 0 Å². The van der Waals surface area contributed by atoms with Crippen LogP contribution in [0.3, 0.4) is 0 Å². The molecule has 0 aromatic heterocycles. The zero-order valence-corrected chi connectivity index (χ0v) is 7.82. The second kappa shape index (κ2) is 2.81. The van der Waals surface area contributed by atoms with E-state index in [4.69, 9.17) is 0 Å². The Bertz CT molecular complexity index is 106. The van der Waals surface area contributed by atoms with E-state index in [1.165, 1.54) is 40.0 Å². The first-order valence-corrected chi connectivity index (χ1v) is 3.79. The van der Waals surface area contributed by atoms with E-state index in [0.717, 1.165) is 0 Å². The van der Waals surface area contributed by atoms with Crippen molar-refractivity contribution in [1.29, 1.82) is 0 Å². The van der Waals surface area contributed by atoms with Gasteiger partial charge in [-0.1, -0.05) is 0 Å². The van der Waals surface area contributed by atoms with Gasteiger partial charge in [0.25, 0.3) is 0 Å². The third-order valence-corrected chi connectivity index (χ3v) is 2.40. The number of nitrogens with zero attached hydrogens (tertiary/aromatic N) is 4. The van der Waals surface area contributed by atoms with Crippen molar-refractivity contribution in [1.82, 2.24) is 19.6 Å². The molecule has 5 heteroatoms. The normalized spacial score (nSPS) is 52.4. The van der Waals surface area contributed by atoms with Gasteiger partial charge in [-0.15, -0.1) is 0 Å². The van der Waals surface area contributed by atoms with E-state index < -0.39 is 0 Å². The van der Waals surface area contributed by atoms with Gasteiger partial charge in [-0.05, 0) is 0 Å². The Morgan fingerprint density at radius 1 is 0.455 bits per heavy atom. The zero-order chi connectivity index (χ0) is 6.55. The Hall–Kier alpha value is 0.580. The second-order valence-corrected chi connectivity index (χ2v) is 3.53. The SMILES string of the molecule is C1N2CN3CN1CN(C2)C3.[Ag+]. The maximum Gasteiger partial charge on any atom is 1.00 e. The zero-order valence-electron chi connectivity index (χ0n) is 6.33. The monoisotopic (exact) mass is 247 g/mol. The summed E-state index contributed by atoms with van der Waals surface area (Å²) >= 11 is 0. The fraction of sp³-hybridized carbons (Fsp3) is 1.00. The van der Waals surface area contributed by atoms with Crippen molar-refractivity contribution in [2.75, 3.05) is 40.0 Å². The summed E-state index contributed by atoms with van der Waals surface area (Å²) in [5.41, 5.74) is 0. The summed E-state index contributed by atoms with van der Waals surface area (Å²) in [7, 11) is 0. The maximum absolute atomic E-state index is 2.47. The summed E-state index contributed by atoms with van der Waals surface area (Å²) in [6.45, 7) is 7.12. The van der Waals surface area contributed by atoms with Crippen LogP contribution in [-0.4, -0.2) is 59.6 Å².